The van der Waals surface area contributed by atoms with Crippen LogP contribution in [0.15, 0.2) is 42.5 Å². The van der Waals surface area contributed by atoms with Crippen LogP contribution in [-0.4, -0.2) is 13.0 Å². The van der Waals surface area contributed by atoms with Gasteiger partial charge in [0.15, 0.2) is 0 Å². The fraction of sp³-hybridized carbons (Fsp3) is 0.235. The Labute approximate surface area is 140 Å². The zero-order chi connectivity index (χ0) is 15.9. The van der Waals surface area contributed by atoms with E-state index in [0.29, 0.717) is 29.4 Å². The molecule has 5 heteroatoms. The van der Waals surface area contributed by atoms with Crippen molar-refractivity contribution in [2.24, 2.45) is 0 Å². The quantitative estimate of drug-likeness (QED) is 0.855. The van der Waals surface area contributed by atoms with Crippen LogP contribution in [0, 0.1) is 0 Å². The highest BCUT2D eigenvalue weighted by Gasteiger charge is 2.07. The predicted octanol–water partition coefficient (Wildman–Crippen LogP) is 4.25. The summed E-state index contributed by atoms with van der Waals surface area (Å²) in [7, 11) is 1.62. The number of methoxy groups -OCH3 is 1. The van der Waals surface area contributed by atoms with E-state index in [1.54, 1.807) is 13.2 Å². The first-order chi connectivity index (χ1) is 10.6. The third-order valence-electron chi connectivity index (χ3n) is 3.28. The number of benzene rings is 2. The highest BCUT2D eigenvalue weighted by molar-refractivity contribution is 6.42. The van der Waals surface area contributed by atoms with Gasteiger partial charge in [-0.3, -0.25) is 4.79 Å². The SMILES string of the molecule is COc1cccc(CNC(=O)CCc2cccc(Cl)c2Cl)c1. The van der Waals surface area contributed by atoms with Crippen LogP contribution in [-0.2, 0) is 17.8 Å². The number of carbonyl (C=O) groups excluding carboxylic acids is 1. The van der Waals surface area contributed by atoms with Gasteiger partial charge in [0.2, 0.25) is 5.91 Å². The van der Waals surface area contributed by atoms with Crippen molar-refractivity contribution >= 4 is 29.1 Å². The van der Waals surface area contributed by atoms with Gasteiger partial charge in [0.25, 0.3) is 0 Å². The maximum absolute atomic E-state index is 11.9. The summed E-state index contributed by atoms with van der Waals surface area (Å²) >= 11 is 12.1. The van der Waals surface area contributed by atoms with Crippen molar-refractivity contribution in [3.05, 3.63) is 63.6 Å². The Morgan fingerprint density at radius 1 is 1.18 bits per heavy atom. The second kappa shape index (κ2) is 8.06. The number of hydrogen-bond donors (Lipinski definition) is 1. The fourth-order valence-electron chi connectivity index (χ4n) is 2.06. The number of nitrogens with one attached hydrogen (secondary N) is 1. The Morgan fingerprint density at radius 2 is 1.95 bits per heavy atom. The largest absolute Gasteiger partial charge is 0.497 e. The second-order valence-corrected chi connectivity index (χ2v) is 5.63. The lowest BCUT2D eigenvalue weighted by Crippen LogP contribution is -2.23. The summed E-state index contributed by atoms with van der Waals surface area (Å²) in [5.41, 5.74) is 1.87. The lowest BCUT2D eigenvalue weighted by Gasteiger charge is -2.08. The Bertz CT molecular complexity index is 659. The third kappa shape index (κ3) is 4.65. The average Bonchev–Trinajstić information content (AvgIpc) is 2.54. The monoisotopic (exact) mass is 337 g/mol. The molecule has 2 aromatic rings. The van der Waals surface area contributed by atoms with Crippen molar-refractivity contribution in [2.75, 3.05) is 7.11 Å². The van der Waals surface area contributed by atoms with E-state index in [1.807, 2.05) is 36.4 Å². The number of rotatable bonds is 6. The Hall–Kier alpha value is -1.71. The minimum absolute atomic E-state index is 0.0288. The first-order valence-electron chi connectivity index (χ1n) is 6.92. The Balaban J connectivity index is 1.84. The summed E-state index contributed by atoms with van der Waals surface area (Å²) in [5, 5.41) is 3.91. The molecule has 0 heterocycles. The van der Waals surface area contributed by atoms with Gasteiger partial charge in [-0.25, -0.2) is 0 Å². The van der Waals surface area contributed by atoms with Gasteiger partial charge in [-0.15, -0.1) is 0 Å². The summed E-state index contributed by atoms with van der Waals surface area (Å²) in [6, 6.07) is 13.0. The van der Waals surface area contributed by atoms with Crippen LogP contribution < -0.4 is 10.1 Å². The summed E-state index contributed by atoms with van der Waals surface area (Å²) in [6.45, 7) is 0.472. The maximum atomic E-state index is 11.9. The van der Waals surface area contributed by atoms with E-state index in [2.05, 4.69) is 5.32 Å². The minimum atomic E-state index is -0.0288. The van der Waals surface area contributed by atoms with Crippen molar-refractivity contribution in [1.82, 2.24) is 5.32 Å². The molecule has 0 saturated heterocycles. The number of hydrogen-bond acceptors (Lipinski definition) is 2. The number of ether oxygens (including phenoxy) is 1. The summed E-state index contributed by atoms with van der Waals surface area (Å²) in [5.74, 6) is 0.747. The number of amides is 1. The van der Waals surface area contributed by atoms with Crippen molar-refractivity contribution in [3.63, 3.8) is 0 Å². The molecule has 0 unspecified atom stereocenters. The van der Waals surface area contributed by atoms with Crippen molar-refractivity contribution in [2.45, 2.75) is 19.4 Å². The summed E-state index contributed by atoms with van der Waals surface area (Å²) in [6.07, 6.45) is 0.924. The molecule has 3 nitrogen and oxygen atoms in total. The summed E-state index contributed by atoms with van der Waals surface area (Å²) < 4.78 is 5.15. The zero-order valence-electron chi connectivity index (χ0n) is 12.2. The minimum Gasteiger partial charge on any atom is -0.497 e. The van der Waals surface area contributed by atoms with Crippen molar-refractivity contribution < 1.29 is 9.53 Å². The topological polar surface area (TPSA) is 38.3 Å². The first kappa shape index (κ1) is 16.7. The molecule has 116 valence electrons. The molecular weight excluding hydrogens is 321 g/mol. The van der Waals surface area contributed by atoms with Gasteiger partial charge < -0.3 is 10.1 Å². The van der Waals surface area contributed by atoms with E-state index in [9.17, 15) is 4.79 Å². The van der Waals surface area contributed by atoms with Crippen LogP contribution in [0.4, 0.5) is 0 Å². The molecule has 0 aromatic heterocycles. The van der Waals surface area contributed by atoms with Crippen molar-refractivity contribution in [3.8, 4) is 5.75 Å². The molecule has 0 saturated carbocycles. The molecular formula is C17H17Cl2NO2. The van der Waals surface area contributed by atoms with Gasteiger partial charge in [0.1, 0.15) is 5.75 Å². The first-order valence-corrected chi connectivity index (χ1v) is 7.68. The fourth-order valence-corrected chi connectivity index (χ4v) is 2.48. The zero-order valence-corrected chi connectivity index (χ0v) is 13.7. The van der Waals surface area contributed by atoms with E-state index >= 15 is 0 Å². The van der Waals surface area contributed by atoms with Gasteiger partial charge in [-0.2, -0.15) is 0 Å². The normalized spacial score (nSPS) is 10.3. The van der Waals surface area contributed by atoms with Crippen LogP contribution in [0.1, 0.15) is 17.5 Å². The molecule has 0 aliphatic rings. The second-order valence-electron chi connectivity index (χ2n) is 4.84. The number of carbonyl (C=O) groups is 1. The van der Waals surface area contributed by atoms with E-state index < -0.39 is 0 Å². The van der Waals surface area contributed by atoms with Crippen LogP contribution in [0.3, 0.4) is 0 Å². The lowest BCUT2D eigenvalue weighted by atomic mass is 10.1. The summed E-state index contributed by atoms with van der Waals surface area (Å²) in [4.78, 5) is 11.9. The molecule has 0 aliphatic carbocycles. The van der Waals surface area contributed by atoms with E-state index in [1.165, 1.54) is 0 Å². The Morgan fingerprint density at radius 3 is 2.73 bits per heavy atom. The molecule has 0 bridgehead atoms. The van der Waals surface area contributed by atoms with E-state index in [-0.39, 0.29) is 5.91 Å². The highest BCUT2D eigenvalue weighted by atomic mass is 35.5. The van der Waals surface area contributed by atoms with Gasteiger partial charge in [0.05, 0.1) is 17.2 Å². The van der Waals surface area contributed by atoms with Gasteiger partial charge in [-0.05, 0) is 35.7 Å². The van der Waals surface area contributed by atoms with Crippen LogP contribution >= 0.6 is 23.2 Å². The molecule has 0 fully saturated rings. The molecule has 2 rings (SSSR count). The molecule has 0 aliphatic heterocycles. The molecule has 22 heavy (non-hydrogen) atoms. The standard InChI is InChI=1S/C17H17Cl2NO2/c1-22-14-6-2-4-12(10-14)11-20-16(21)9-8-13-5-3-7-15(18)17(13)19/h2-7,10H,8-9,11H2,1H3,(H,20,21). The number of halogens is 2. The Kier molecular flexibility index (Phi) is 6.10. The van der Waals surface area contributed by atoms with Gasteiger partial charge in [0, 0.05) is 13.0 Å². The third-order valence-corrected chi connectivity index (χ3v) is 4.13. The predicted molar refractivity (Wildman–Crippen MR) is 89.6 cm³/mol. The molecule has 0 spiro atoms. The maximum Gasteiger partial charge on any atom is 0.220 e. The lowest BCUT2D eigenvalue weighted by molar-refractivity contribution is -0.121. The molecule has 1 N–H and O–H groups in total. The smallest absolute Gasteiger partial charge is 0.220 e. The van der Waals surface area contributed by atoms with Gasteiger partial charge >= 0.3 is 0 Å². The van der Waals surface area contributed by atoms with Crippen LogP contribution in [0.5, 0.6) is 5.75 Å². The van der Waals surface area contributed by atoms with Crippen molar-refractivity contribution in [1.29, 1.82) is 0 Å². The molecule has 0 radical (unpaired) electrons. The number of aryl methyl sites for hydroxylation is 1. The molecule has 2 aromatic carbocycles. The van der Waals surface area contributed by atoms with E-state index in [4.69, 9.17) is 27.9 Å². The van der Waals surface area contributed by atoms with Crippen LogP contribution in [0.2, 0.25) is 10.0 Å². The average molecular weight is 338 g/mol. The van der Waals surface area contributed by atoms with Crippen LogP contribution in [0.25, 0.3) is 0 Å². The molecule has 1 amide bonds. The van der Waals surface area contributed by atoms with Gasteiger partial charge in [-0.1, -0.05) is 47.5 Å². The van der Waals surface area contributed by atoms with E-state index in [0.717, 1.165) is 16.9 Å². The molecule has 0 atom stereocenters. The highest BCUT2D eigenvalue weighted by Crippen LogP contribution is 2.26.